The lowest BCUT2D eigenvalue weighted by atomic mass is 10.2. The largest absolute Gasteiger partial charge is 0.493 e. The van der Waals surface area contributed by atoms with E-state index in [1.54, 1.807) is 13.1 Å². The molecule has 0 aliphatic rings. The summed E-state index contributed by atoms with van der Waals surface area (Å²) in [4.78, 5) is 15.7. The van der Waals surface area contributed by atoms with E-state index in [1.807, 2.05) is 20.8 Å². The predicted molar refractivity (Wildman–Crippen MR) is 51.2 cm³/mol. The van der Waals surface area contributed by atoms with Gasteiger partial charge < -0.3 is 4.43 Å². The van der Waals surface area contributed by atoms with E-state index in [-0.39, 0.29) is 11.6 Å². The number of carbonyl (C=O) groups is 1. The lowest BCUT2D eigenvalue weighted by molar-refractivity contribution is -0.293. The maximum absolute atomic E-state index is 10.7. The van der Waals surface area contributed by atoms with E-state index in [1.165, 1.54) is 6.92 Å². The van der Waals surface area contributed by atoms with E-state index < -0.39 is 8.56 Å². The summed E-state index contributed by atoms with van der Waals surface area (Å²) in [6, 6.07) is 0. The molecule has 0 spiro atoms. The highest BCUT2D eigenvalue weighted by Gasteiger charge is 2.31. The van der Waals surface area contributed by atoms with Crippen molar-refractivity contribution in [3.05, 3.63) is 0 Å². The maximum Gasteiger partial charge on any atom is 0.427 e. The average molecular weight is 206 g/mol. The Hall–Kier alpha value is -0.393. The van der Waals surface area contributed by atoms with Gasteiger partial charge in [-0.3, -0.25) is 4.79 Å². The van der Waals surface area contributed by atoms with Crippen molar-refractivity contribution < 1.29 is 18.7 Å². The molecule has 0 aliphatic carbocycles. The average Bonchev–Trinajstić information content (AvgIpc) is 1.79. The van der Waals surface area contributed by atoms with Crippen molar-refractivity contribution in [3.8, 4) is 0 Å². The monoisotopic (exact) mass is 206 g/mol. The molecule has 0 radical (unpaired) electrons. The molecule has 0 aliphatic heterocycles. The minimum absolute atomic E-state index is 0.339. The minimum atomic E-state index is -2.45. The normalized spacial score (nSPS) is 12.8. The molecule has 5 heteroatoms. The van der Waals surface area contributed by atoms with Crippen LogP contribution in [0, 0.1) is 0 Å². The van der Waals surface area contributed by atoms with E-state index in [0.717, 1.165) is 0 Å². The lowest BCUT2D eigenvalue weighted by Crippen LogP contribution is -2.39. The topological polar surface area (TPSA) is 44.8 Å². The van der Waals surface area contributed by atoms with E-state index in [2.05, 4.69) is 0 Å². The number of hydrogen-bond donors (Lipinski definition) is 0. The van der Waals surface area contributed by atoms with Crippen molar-refractivity contribution in [1.29, 1.82) is 0 Å². The van der Waals surface area contributed by atoms with Crippen molar-refractivity contribution in [2.45, 2.75) is 46.4 Å². The molecule has 0 aromatic carbocycles. The fourth-order valence-corrected chi connectivity index (χ4v) is 1.77. The first-order valence-electron chi connectivity index (χ1n) is 4.19. The Morgan fingerprint density at radius 1 is 1.23 bits per heavy atom. The summed E-state index contributed by atoms with van der Waals surface area (Å²) in [6.45, 7) is 10.5. The Labute approximate surface area is 80.4 Å². The van der Waals surface area contributed by atoms with Gasteiger partial charge in [-0.15, -0.1) is 0 Å². The van der Waals surface area contributed by atoms with Crippen LogP contribution in [-0.4, -0.2) is 20.1 Å². The zero-order valence-corrected chi connectivity index (χ0v) is 10.1. The van der Waals surface area contributed by atoms with Crippen LogP contribution in [0.4, 0.5) is 0 Å². The number of carbonyl (C=O) groups excluding carboxylic acids is 1. The quantitative estimate of drug-likeness (QED) is 0.402. The SMILES string of the molecule is CC(=O)O[Si](C)(C)OOC(C)(C)C. The molecule has 0 N–H and O–H groups in total. The van der Waals surface area contributed by atoms with Crippen LogP contribution >= 0.6 is 0 Å². The van der Waals surface area contributed by atoms with Crippen molar-refractivity contribution in [1.82, 2.24) is 0 Å². The van der Waals surface area contributed by atoms with Crippen molar-refractivity contribution in [2.75, 3.05) is 0 Å². The molecule has 0 aromatic rings. The third-order valence-electron chi connectivity index (χ3n) is 0.882. The van der Waals surface area contributed by atoms with Crippen molar-refractivity contribution in [2.24, 2.45) is 0 Å². The summed E-state index contributed by atoms with van der Waals surface area (Å²) in [5, 5.41) is 0. The van der Waals surface area contributed by atoms with Crippen molar-refractivity contribution >= 4 is 14.5 Å². The second-order valence-corrected chi connectivity index (χ2v) is 7.44. The van der Waals surface area contributed by atoms with E-state index >= 15 is 0 Å². The Morgan fingerprint density at radius 2 is 1.69 bits per heavy atom. The number of rotatable bonds is 3. The molecule has 0 unspecified atom stereocenters. The fraction of sp³-hybridized carbons (Fsp3) is 0.875. The highest BCUT2D eigenvalue weighted by Crippen LogP contribution is 2.14. The molecule has 0 aromatic heterocycles. The van der Waals surface area contributed by atoms with Crippen LogP contribution in [0.2, 0.25) is 13.1 Å². The second kappa shape index (κ2) is 4.21. The Morgan fingerprint density at radius 3 is 2.00 bits per heavy atom. The van der Waals surface area contributed by atoms with Gasteiger partial charge in [0, 0.05) is 6.92 Å². The number of hydrogen-bond acceptors (Lipinski definition) is 4. The zero-order chi connectivity index (χ0) is 10.7. The van der Waals surface area contributed by atoms with Crippen LogP contribution in [0.25, 0.3) is 0 Å². The molecule has 0 atom stereocenters. The van der Waals surface area contributed by atoms with Gasteiger partial charge in [-0.2, -0.15) is 0 Å². The first-order chi connectivity index (χ1) is 5.62. The van der Waals surface area contributed by atoms with Crippen LogP contribution in [0.3, 0.4) is 0 Å². The van der Waals surface area contributed by atoms with Crippen LogP contribution in [0.15, 0.2) is 0 Å². The molecule has 0 saturated carbocycles. The molecule has 78 valence electrons. The highest BCUT2D eigenvalue weighted by molar-refractivity contribution is 6.65. The Balaban J connectivity index is 3.96. The van der Waals surface area contributed by atoms with E-state index in [0.29, 0.717) is 0 Å². The lowest BCUT2D eigenvalue weighted by Gasteiger charge is -2.25. The van der Waals surface area contributed by atoms with Gasteiger partial charge in [0.25, 0.3) is 5.97 Å². The first-order valence-corrected chi connectivity index (χ1v) is 7.00. The third kappa shape index (κ3) is 7.95. The van der Waals surface area contributed by atoms with E-state index in [4.69, 9.17) is 13.9 Å². The van der Waals surface area contributed by atoms with Gasteiger partial charge in [0.2, 0.25) is 0 Å². The fourth-order valence-electron chi connectivity index (χ4n) is 0.588. The molecule has 0 rings (SSSR count). The van der Waals surface area contributed by atoms with Crippen LogP contribution in [-0.2, 0) is 18.7 Å². The standard InChI is InChI=1S/C8H18O4Si/c1-7(9)10-13(5,6)12-11-8(2,3)4/h1-6H3. The smallest absolute Gasteiger partial charge is 0.427 e. The molecule has 0 amide bonds. The van der Waals surface area contributed by atoms with Gasteiger partial charge in [-0.25, -0.2) is 9.46 Å². The molecule has 0 bridgehead atoms. The molecule has 0 fully saturated rings. The van der Waals surface area contributed by atoms with E-state index in [9.17, 15) is 4.79 Å². The second-order valence-electron chi connectivity index (χ2n) is 4.27. The summed E-state index contributed by atoms with van der Waals surface area (Å²) in [6.07, 6.45) is 0. The summed E-state index contributed by atoms with van der Waals surface area (Å²) in [5.74, 6) is -0.339. The van der Waals surface area contributed by atoms with Gasteiger partial charge in [0.1, 0.15) is 0 Å². The molecular formula is C8H18O4Si. The first kappa shape index (κ1) is 12.6. The predicted octanol–water partition coefficient (Wildman–Crippen LogP) is 2.00. The summed E-state index contributed by atoms with van der Waals surface area (Å²) >= 11 is 0. The van der Waals surface area contributed by atoms with Gasteiger partial charge in [0.15, 0.2) is 0 Å². The van der Waals surface area contributed by atoms with Crippen LogP contribution < -0.4 is 0 Å². The summed E-state index contributed by atoms with van der Waals surface area (Å²) in [5.41, 5.74) is -0.385. The van der Waals surface area contributed by atoms with Gasteiger partial charge in [0.05, 0.1) is 5.60 Å². The zero-order valence-electron chi connectivity index (χ0n) is 9.13. The van der Waals surface area contributed by atoms with Crippen molar-refractivity contribution in [3.63, 3.8) is 0 Å². The summed E-state index contributed by atoms with van der Waals surface area (Å²) < 4.78 is 10.1. The van der Waals surface area contributed by atoms with Gasteiger partial charge >= 0.3 is 8.56 Å². The molecule has 4 nitrogen and oxygen atoms in total. The minimum Gasteiger partial charge on any atom is -0.493 e. The Kier molecular flexibility index (Phi) is 4.08. The van der Waals surface area contributed by atoms with Crippen LogP contribution in [0.5, 0.6) is 0 Å². The molecular weight excluding hydrogens is 188 g/mol. The summed E-state index contributed by atoms with van der Waals surface area (Å²) in [7, 11) is -2.45. The molecule has 0 heterocycles. The van der Waals surface area contributed by atoms with Crippen LogP contribution in [0.1, 0.15) is 27.7 Å². The van der Waals surface area contributed by atoms with Gasteiger partial charge in [-0.05, 0) is 33.9 Å². The van der Waals surface area contributed by atoms with Gasteiger partial charge in [-0.1, -0.05) is 0 Å². The molecule has 13 heavy (non-hydrogen) atoms. The highest BCUT2D eigenvalue weighted by atomic mass is 28.4. The Bertz CT molecular complexity index is 183. The molecule has 0 saturated heterocycles. The third-order valence-corrected chi connectivity index (χ3v) is 2.15. The maximum atomic E-state index is 10.7.